The number of nitrogens with one attached hydrogen (secondary N) is 1. The maximum Gasteiger partial charge on any atom is 0.343 e. The molecule has 1 amide bonds. The number of hydrogen-bond donors (Lipinski definition) is 1. The second kappa shape index (κ2) is 7.31. The van der Waals surface area contributed by atoms with Crippen LogP contribution in [0.15, 0.2) is 42.5 Å². The Morgan fingerprint density at radius 1 is 0.913 bits per heavy atom. The lowest BCUT2D eigenvalue weighted by Crippen LogP contribution is -2.10. The Morgan fingerprint density at radius 3 is 2.13 bits per heavy atom. The topological polar surface area (TPSA) is 73.9 Å². The summed E-state index contributed by atoms with van der Waals surface area (Å²) < 4.78 is 15.6. The first-order valence-corrected chi connectivity index (χ1v) is 6.84. The number of rotatable bonds is 5. The first kappa shape index (κ1) is 16.4. The lowest BCUT2D eigenvalue weighted by atomic mass is 10.2. The fourth-order valence-corrected chi connectivity index (χ4v) is 1.93. The first-order valence-electron chi connectivity index (χ1n) is 6.84. The van der Waals surface area contributed by atoms with Crippen LogP contribution in [-0.2, 0) is 4.79 Å². The molecule has 0 aromatic heterocycles. The van der Waals surface area contributed by atoms with Crippen molar-refractivity contribution in [1.82, 2.24) is 0 Å². The molecule has 0 saturated heterocycles. The minimum Gasteiger partial charge on any atom is -0.497 e. The van der Waals surface area contributed by atoms with E-state index in [0.717, 1.165) is 0 Å². The summed E-state index contributed by atoms with van der Waals surface area (Å²) in [6.07, 6.45) is 0. The van der Waals surface area contributed by atoms with Crippen molar-refractivity contribution >= 4 is 17.6 Å². The summed E-state index contributed by atoms with van der Waals surface area (Å²) in [5.41, 5.74) is 0.845. The zero-order valence-corrected chi connectivity index (χ0v) is 13.1. The van der Waals surface area contributed by atoms with E-state index in [1.54, 1.807) is 42.5 Å². The lowest BCUT2D eigenvalue weighted by molar-refractivity contribution is -0.114. The maximum atomic E-state index is 12.3. The quantitative estimate of drug-likeness (QED) is 0.678. The molecule has 0 aliphatic heterocycles. The molecule has 2 aromatic rings. The van der Waals surface area contributed by atoms with E-state index in [1.807, 2.05) is 0 Å². The van der Waals surface area contributed by atoms with Gasteiger partial charge >= 0.3 is 5.97 Å². The average molecular weight is 315 g/mol. The standard InChI is InChI=1S/C17H17NO5/c1-11(19)18-13-5-4-6-14(9-13)23-17(20)12-7-15(21-2)10-16(8-12)22-3/h4-10H,1-3H3,(H,18,19). The predicted molar refractivity (Wildman–Crippen MR) is 85.3 cm³/mol. The maximum absolute atomic E-state index is 12.3. The number of esters is 1. The van der Waals surface area contributed by atoms with Crippen molar-refractivity contribution in [3.05, 3.63) is 48.0 Å². The Bertz CT molecular complexity index is 704. The molecule has 6 nitrogen and oxygen atoms in total. The number of ether oxygens (including phenoxy) is 3. The smallest absolute Gasteiger partial charge is 0.343 e. The van der Waals surface area contributed by atoms with Gasteiger partial charge in [-0.3, -0.25) is 4.79 Å². The van der Waals surface area contributed by atoms with E-state index in [1.165, 1.54) is 21.1 Å². The van der Waals surface area contributed by atoms with E-state index in [0.29, 0.717) is 28.5 Å². The molecule has 0 radical (unpaired) electrons. The Balaban J connectivity index is 2.20. The van der Waals surface area contributed by atoms with E-state index >= 15 is 0 Å². The molecule has 0 bridgehead atoms. The van der Waals surface area contributed by atoms with Gasteiger partial charge in [0.25, 0.3) is 0 Å². The Hall–Kier alpha value is -3.02. The number of carbonyl (C=O) groups excluding carboxylic acids is 2. The largest absolute Gasteiger partial charge is 0.497 e. The van der Waals surface area contributed by atoms with Crippen molar-refractivity contribution < 1.29 is 23.8 Å². The van der Waals surface area contributed by atoms with Crippen LogP contribution in [0.4, 0.5) is 5.69 Å². The highest BCUT2D eigenvalue weighted by Crippen LogP contribution is 2.24. The molecule has 0 saturated carbocycles. The van der Waals surface area contributed by atoms with E-state index in [-0.39, 0.29) is 5.91 Å². The van der Waals surface area contributed by atoms with E-state index in [9.17, 15) is 9.59 Å². The van der Waals surface area contributed by atoms with Crippen LogP contribution in [0.3, 0.4) is 0 Å². The third-order valence-corrected chi connectivity index (χ3v) is 2.95. The summed E-state index contributed by atoms with van der Waals surface area (Å²) in [6.45, 7) is 1.40. The molecule has 0 unspecified atom stereocenters. The Labute approximate surface area is 134 Å². The molecule has 0 spiro atoms. The normalized spacial score (nSPS) is 9.87. The summed E-state index contributed by atoms with van der Waals surface area (Å²) in [6, 6.07) is 11.4. The summed E-state index contributed by atoms with van der Waals surface area (Å²) in [5.74, 6) is 0.544. The number of hydrogen-bond acceptors (Lipinski definition) is 5. The minimum absolute atomic E-state index is 0.203. The highest BCUT2D eigenvalue weighted by atomic mass is 16.5. The molecule has 0 heterocycles. The van der Waals surface area contributed by atoms with Crippen LogP contribution in [0, 0.1) is 0 Å². The molecule has 0 fully saturated rings. The van der Waals surface area contributed by atoms with Gasteiger partial charge < -0.3 is 19.5 Å². The molecule has 2 aromatic carbocycles. The first-order chi connectivity index (χ1) is 11.0. The fraction of sp³-hybridized carbons (Fsp3) is 0.176. The van der Waals surface area contributed by atoms with Crippen molar-refractivity contribution in [2.45, 2.75) is 6.92 Å². The van der Waals surface area contributed by atoms with Crippen LogP contribution >= 0.6 is 0 Å². The Kier molecular flexibility index (Phi) is 5.19. The molecule has 1 N–H and O–H groups in total. The molecule has 0 atom stereocenters. The number of benzene rings is 2. The van der Waals surface area contributed by atoms with Gasteiger partial charge in [0.2, 0.25) is 5.91 Å². The number of methoxy groups -OCH3 is 2. The summed E-state index contributed by atoms with van der Waals surface area (Å²) in [4.78, 5) is 23.3. The molecule has 0 aliphatic carbocycles. The Morgan fingerprint density at radius 2 is 1.57 bits per heavy atom. The molecule has 0 aliphatic rings. The van der Waals surface area contributed by atoms with Crippen molar-refractivity contribution in [3.8, 4) is 17.2 Å². The summed E-state index contributed by atoms with van der Waals surface area (Å²) in [7, 11) is 3.00. The van der Waals surface area contributed by atoms with Crippen LogP contribution in [0.5, 0.6) is 17.2 Å². The highest BCUT2D eigenvalue weighted by molar-refractivity contribution is 5.92. The molecular formula is C17H17NO5. The molecule has 2 rings (SSSR count). The number of carbonyl (C=O) groups is 2. The van der Waals surface area contributed by atoms with Gasteiger partial charge in [0.15, 0.2) is 0 Å². The summed E-state index contributed by atoms with van der Waals surface area (Å²) >= 11 is 0. The number of amides is 1. The van der Waals surface area contributed by atoms with E-state index < -0.39 is 5.97 Å². The number of anilines is 1. The fourth-order valence-electron chi connectivity index (χ4n) is 1.93. The monoisotopic (exact) mass is 315 g/mol. The third-order valence-electron chi connectivity index (χ3n) is 2.95. The van der Waals surface area contributed by atoms with Gasteiger partial charge in [-0.1, -0.05) is 6.07 Å². The van der Waals surface area contributed by atoms with Crippen LogP contribution < -0.4 is 19.5 Å². The SMILES string of the molecule is COc1cc(OC)cc(C(=O)Oc2cccc(NC(C)=O)c2)c1. The van der Waals surface area contributed by atoms with Crippen molar-refractivity contribution in [3.63, 3.8) is 0 Å². The average Bonchev–Trinajstić information content (AvgIpc) is 2.54. The van der Waals surface area contributed by atoms with Crippen molar-refractivity contribution in [1.29, 1.82) is 0 Å². The van der Waals surface area contributed by atoms with E-state index in [4.69, 9.17) is 14.2 Å². The van der Waals surface area contributed by atoms with Gasteiger partial charge in [-0.15, -0.1) is 0 Å². The van der Waals surface area contributed by atoms with Gasteiger partial charge in [-0.2, -0.15) is 0 Å². The predicted octanol–water partition coefficient (Wildman–Crippen LogP) is 2.88. The second-order valence-corrected chi connectivity index (χ2v) is 4.70. The van der Waals surface area contributed by atoms with Crippen molar-refractivity contribution in [2.24, 2.45) is 0 Å². The molecule has 120 valence electrons. The molecular weight excluding hydrogens is 298 g/mol. The van der Waals surface area contributed by atoms with Crippen LogP contribution in [-0.4, -0.2) is 26.1 Å². The zero-order chi connectivity index (χ0) is 16.8. The molecule has 23 heavy (non-hydrogen) atoms. The van der Waals surface area contributed by atoms with Crippen LogP contribution in [0.1, 0.15) is 17.3 Å². The van der Waals surface area contributed by atoms with Gasteiger partial charge in [0, 0.05) is 24.7 Å². The zero-order valence-electron chi connectivity index (χ0n) is 13.1. The van der Waals surface area contributed by atoms with Crippen LogP contribution in [0.25, 0.3) is 0 Å². The van der Waals surface area contributed by atoms with Crippen LogP contribution in [0.2, 0.25) is 0 Å². The summed E-state index contributed by atoms with van der Waals surface area (Å²) in [5, 5.41) is 2.62. The third kappa shape index (κ3) is 4.47. The van der Waals surface area contributed by atoms with Gasteiger partial charge in [0.05, 0.1) is 19.8 Å². The highest BCUT2D eigenvalue weighted by Gasteiger charge is 2.12. The van der Waals surface area contributed by atoms with Gasteiger partial charge in [0.1, 0.15) is 17.2 Å². The van der Waals surface area contributed by atoms with Gasteiger partial charge in [-0.25, -0.2) is 4.79 Å². The minimum atomic E-state index is -0.554. The lowest BCUT2D eigenvalue weighted by Gasteiger charge is -2.09. The molecule has 6 heteroatoms. The van der Waals surface area contributed by atoms with Crippen molar-refractivity contribution in [2.75, 3.05) is 19.5 Å². The second-order valence-electron chi connectivity index (χ2n) is 4.70. The van der Waals surface area contributed by atoms with Gasteiger partial charge in [-0.05, 0) is 24.3 Å². The van der Waals surface area contributed by atoms with E-state index in [2.05, 4.69) is 5.32 Å².